The lowest BCUT2D eigenvalue weighted by atomic mass is 10.1. The van der Waals surface area contributed by atoms with Gasteiger partial charge in [-0.25, -0.2) is 4.79 Å². The monoisotopic (exact) mass is 260 g/mol. The molecule has 1 saturated heterocycles. The number of aliphatic hydroxyl groups is 1. The normalized spacial score (nSPS) is 22.6. The zero-order valence-electron chi connectivity index (χ0n) is 10.7. The van der Waals surface area contributed by atoms with Crippen LogP contribution < -0.4 is 5.32 Å². The van der Waals surface area contributed by atoms with Crippen molar-refractivity contribution in [3.8, 4) is 0 Å². The summed E-state index contributed by atoms with van der Waals surface area (Å²) in [6, 6.07) is -0.328. The molecule has 3 N–H and O–H groups in total. The molecule has 0 aromatic heterocycles. The molecule has 0 aliphatic carbocycles. The van der Waals surface area contributed by atoms with Crippen LogP contribution in [0.25, 0.3) is 0 Å². The average Bonchev–Trinajstić information content (AvgIpc) is 2.26. The second-order valence-corrected chi connectivity index (χ2v) is 4.94. The first kappa shape index (κ1) is 14.7. The van der Waals surface area contributed by atoms with Crippen LogP contribution in [-0.2, 0) is 9.53 Å². The number of rotatable bonds is 4. The lowest BCUT2D eigenvalue weighted by Gasteiger charge is -2.42. The van der Waals surface area contributed by atoms with Gasteiger partial charge in [0.25, 0.3) is 0 Å². The van der Waals surface area contributed by atoms with E-state index in [2.05, 4.69) is 5.32 Å². The molecular formula is C11H20N2O5. The molecule has 0 radical (unpaired) electrons. The van der Waals surface area contributed by atoms with Crippen LogP contribution in [-0.4, -0.2) is 65.1 Å². The van der Waals surface area contributed by atoms with Gasteiger partial charge in [0.15, 0.2) is 0 Å². The van der Waals surface area contributed by atoms with Gasteiger partial charge in [-0.15, -0.1) is 0 Å². The molecule has 1 fully saturated rings. The second kappa shape index (κ2) is 6.01. The van der Waals surface area contributed by atoms with Gasteiger partial charge in [0, 0.05) is 6.54 Å². The molecule has 18 heavy (non-hydrogen) atoms. The lowest BCUT2D eigenvalue weighted by Crippen LogP contribution is -2.57. The van der Waals surface area contributed by atoms with Gasteiger partial charge >= 0.3 is 12.0 Å². The third-order valence-electron chi connectivity index (χ3n) is 2.59. The van der Waals surface area contributed by atoms with Crippen molar-refractivity contribution in [2.75, 3.05) is 26.2 Å². The summed E-state index contributed by atoms with van der Waals surface area (Å²) in [4.78, 5) is 23.7. The van der Waals surface area contributed by atoms with Crippen LogP contribution in [0.15, 0.2) is 0 Å². The summed E-state index contributed by atoms with van der Waals surface area (Å²) in [6.07, 6.45) is -0.512. The number of aliphatic hydroxyl groups excluding tert-OH is 1. The number of nitrogens with zero attached hydrogens (tertiary/aromatic N) is 1. The molecule has 0 aromatic carbocycles. The van der Waals surface area contributed by atoms with Crippen molar-refractivity contribution < 1.29 is 24.5 Å². The highest BCUT2D eigenvalue weighted by Gasteiger charge is 2.35. The van der Waals surface area contributed by atoms with E-state index in [9.17, 15) is 9.59 Å². The van der Waals surface area contributed by atoms with Crippen molar-refractivity contribution in [1.82, 2.24) is 10.2 Å². The molecule has 1 aliphatic heterocycles. The maximum Gasteiger partial charge on any atom is 0.317 e. The van der Waals surface area contributed by atoms with Gasteiger partial charge in [-0.3, -0.25) is 4.79 Å². The van der Waals surface area contributed by atoms with E-state index >= 15 is 0 Å². The van der Waals surface area contributed by atoms with Gasteiger partial charge in [-0.1, -0.05) is 0 Å². The molecule has 0 spiro atoms. The summed E-state index contributed by atoms with van der Waals surface area (Å²) < 4.78 is 5.58. The van der Waals surface area contributed by atoms with Crippen LogP contribution in [0.3, 0.4) is 0 Å². The molecule has 7 nitrogen and oxygen atoms in total. The summed E-state index contributed by atoms with van der Waals surface area (Å²) in [5, 5.41) is 20.1. The standard InChI is InChI=1S/C11H20N2O5/c1-11(2)7-13(5-8(6-14)18-11)10(17)12-4-3-9(15)16/h8,14H,3-7H2,1-2H3,(H,12,17)(H,15,16). The Labute approximate surface area is 106 Å². The fourth-order valence-corrected chi connectivity index (χ4v) is 1.93. The number of carbonyl (C=O) groups is 2. The molecular weight excluding hydrogens is 240 g/mol. The van der Waals surface area contributed by atoms with E-state index in [1.54, 1.807) is 0 Å². The summed E-state index contributed by atoms with van der Waals surface area (Å²) in [5.74, 6) is -0.953. The average molecular weight is 260 g/mol. The number of ether oxygens (including phenoxy) is 1. The Morgan fingerprint density at radius 2 is 2.17 bits per heavy atom. The van der Waals surface area contributed by atoms with Crippen LogP contribution in [0.2, 0.25) is 0 Å². The van der Waals surface area contributed by atoms with Crippen molar-refractivity contribution in [1.29, 1.82) is 0 Å². The number of hydrogen-bond donors (Lipinski definition) is 3. The van der Waals surface area contributed by atoms with Crippen molar-refractivity contribution in [2.45, 2.75) is 32.0 Å². The highest BCUT2D eigenvalue weighted by Crippen LogP contribution is 2.20. The molecule has 1 rings (SSSR count). The minimum atomic E-state index is -0.953. The van der Waals surface area contributed by atoms with Crippen LogP contribution in [0.4, 0.5) is 4.79 Å². The van der Waals surface area contributed by atoms with E-state index in [-0.39, 0.29) is 25.6 Å². The zero-order valence-corrected chi connectivity index (χ0v) is 10.7. The van der Waals surface area contributed by atoms with Gasteiger partial charge in [0.2, 0.25) is 0 Å². The molecule has 2 amide bonds. The number of morpholine rings is 1. The Morgan fingerprint density at radius 1 is 1.50 bits per heavy atom. The van der Waals surface area contributed by atoms with Crippen LogP contribution >= 0.6 is 0 Å². The van der Waals surface area contributed by atoms with Gasteiger partial charge in [0.05, 0.1) is 37.8 Å². The zero-order chi connectivity index (χ0) is 13.8. The largest absolute Gasteiger partial charge is 0.481 e. The van der Waals surface area contributed by atoms with Crippen molar-refractivity contribution in [3.63, 3.8) is 0 Å². The SMILES string of the molecule is CC1(C)CN(C(=O)NCCC(=O)O)CC(CO)O1. The smallest absolute Gasteiger partial charge is 0.317 e. The molecule has 1 heterocycles. The summed E-state index contributed by atoms with van der Waals surface area (Å²) in [5.41, 5.74) is -0.518. The molecule has 1 aliphatic rings. The number of hydrogen-bond acceptors (Lipinski definition) is 4. The molecule has 0 bridgehead atoms. The summed E-state index contributed by atoms with van der Waals surface area (Å²) in [7, 11) is 0. The van der Waals surface area contributed by atoms with Crippen LogP contribution in [0.1, 0.15) is 20.3 Å². The predicted octanol–water partition coefficient (Wildman–Crippen LogP) is -0.358. The maximum absolute atomic E-state index is 11.8. The quantitative estimate of drug-likeness (QED) is 0.641. The Kier molecular flexibility index (Phi) is 4.92. The molecule has 1 atom stereocenters. The Morgan fingerprint density at radius 3 is 2.72 bits per heavy atom. The fraction of sp³-hybridized carbons (Fsp3) is 0.818. The van der Waals surface area contributed by atoms with Crippen molar-refractivity contribution in [3.05, 3.63) is 0 Å². The second-order valence-electron chi connectivity index (χ2n) is 4.94. The number of carbonyl (C=O) groups excluding carboxylic acids is 1. The van der Waals surface area contributed by atoms with E-state index in [1.807, 2.05) is 13.8 Å². The Balaban J connectivity index is 2.48. The summed E-state index contributed by atoms with van der Waals surface area (Å²) >= 11 is 0. The Bertz CT molecular complexity index is 319. The molecule has 0 saturated carbocycles. The number of carboxylic acids is 1. The topological polar surface area (TPSA) is 99.1 Å². The minimum Gasteiger partial charge on any atom is -0.481 e. The van der Waals surface area contributed by atoms with Gasteiger partial charge in [0.1, 0.15) is 0 Å². The van der Waals surface area contributed by atoms with Crippen molar-refractivity contribution >= 4 is 12.0 Å². The van der Waals surface area contributed by atoms with Crippen molar-refractivity contribution in [2.24, 2.45) is 0 Å². The molecule has 0 aromatic rings. The first-order valence-corrected chi connectivity index (χ1v) is 5.87. The van der Waals surface area contributed by atoms with E-state index < -0.39 is 17.7 Å². The lowest BCUT2D eigenvalue weighted by molar-refractivity contribution is -0.139. The predicted molar refractivity (Wildman–Crippen MR) is 63.3 cm³/mol. The van der Waals surface area contributed by atoms with E-state index in [0.717, 1.165) is 0 Å². The highest BCUT2D eigenvalue weighted by atomic mass is 16.5. The number of carboxylic acid groups (broad SMARTS) is 1. The number of urea groups is 1. The number of nitrogens with one attached hydrogen (secondary N) is 1. The van der Waals surface area contributed by atoms with Gasteiger partial charge in [-0.05, 0) is 13.8 Å². The molecule has 104 valence electrons. The van der Waals surface area contributed by atoms with Crippen LogP contribution in [0.5, 0.6) is 0 Å². The highest BCUT2D eigenvalue weighted by molar-refractivity contribution is 5.75. The first-order valence-electron chi connectivity index (χ1n) is 5.87. The minimum absolute atomic E-state index is 0.0930. The van der Waals surface area contributed by atoms with E-state index in [4.69, 9.17) is 14.9 Å². The molecule has 1 unspecified atom stereocenters. The van der Waals surface area contributed by atoms with Gasteiger partial charge < -0.3 is 25.2 Å². The van der Waals surface area contributed by atoms with E-state index in [1.165, 1.54) is 4.90 Å². The third-order valence-corrected chi connectivity index (χ3v) is 2.59. The first-order chi connectivity index (χ1) is 8.34. The fourth-order valence-electron chi connectivity index (χ4n) is 1.93. The van der Waals surface area contributed by atoms with E-state index in [0.29, 0.717) is 13.1 Å². The number of amides is 2. The third kappa shape index (κ3) is 4.50. The Hall–Kier alpha value is -1.34. The summed E-state index contributed by atoms with van der Waals surface area (Å²) in [6.45, 7) is 4.33. The van der Waals surface area contributed by atoms with Gasteiger partial charge in [-0.2, -0.15) is 0 Å². The molecule has 7 heteroatoms. The maximum atomic E-state index is 11.8. The van der Waals surface area contributed by atoms with Crippen LogP contribution in [0, 0.1) is 0 Å². The number of aliphatic carboxylic acids is 1.